The fourth-order valence-corrected chi connectivity index (χ4v) is 1.99. The van der Waals surface area contributed by atoms with Gasteiger partial charge in [0.1, 0.15) is 0 Å². The highest BCUT2D eigenvalue weighted by Gasteiger charge is 2.27. The second-order valence-electron chi connectivity index (χ2n) is 4.10. The molecule has 2 rings (SSSR count). The number of carboxylic acids is 1. The summed E-state index contributed by atoms with van der Waals surface area (Å²) >= 11 is 0. The van der Waals surface area contributed by atoms with E-state index in [2.05, 4.69) is 25.9 Å². The van der Waals surface area contributed by atoms with Crippen LogP contribution >= 0.6 is 0 Å². The molecule has 0 atom stereocenters. The Bertz CT molecular complexity index is 397. The van der Waals surface area contributed by atoms with Crippen molar-refractivity contribution in [3.8, 4) is 0 Å². The van der Waals surface area contributed by atoms with E-state index in [0.717, 1.165) is 0 Å². The van der Waals surface area contributed by atoms with E-state index in [1.165, 1.54) is 0 Å². The normalized spacial score (nSPS) is 24.2. The van der Waals surface area contributed by atoms with Gasteiger partial charge in [-0.15, -0.1) is 10.2 Å². The molecule has 8 heteroatoms. The maximum Gasteiger partial charge on any atom is 0.306 e. The number of hydrogen-bond acceptors (Lipinski definition) is 5. The minimum atomic E-state index is -0.757. The van der Waals surface area contributed by atoms with Crippen LogP contribution in [-0.4, -0.2) is 43.6 Å². The van der Waals surface area contributed by atoms with Crippen LogP contribution in [0.3, 0.4) is 0 Å². The van der Waals surface area contributed by atoms with Crippen molar-refractivity contribution in [1.29, 1.82) is 0 Å². The first kappa shape index (κ1) is 11.5. The zero-order valence-corrected chi connectivity index (χ0v) is 9.09. The van der Waals surface area contributed by atoms with Crippen LogP contribution in [0.25, 0.3) is 0 Å². The molecule has 1 aromatic rings. The monoisotopic (exact) mass is 239 g/mol. The molecule has 0 aliphatic heterocycles. The quantitative estimate of drug-likeness (QED) is 0.658. The highest BCUT2D eigenvalue weighted by Crippen LogP contribution is 2.24. The van der Waals surface area contributed by atoms with Crippen molar-refractivity contribution in [2.24, 2.45) is 5.92 Å². The molecule has 0 radical (unpaired) electrons. The van der Waals surface area contributed by atoms with Crippen molar-refractivity contribution in [3.05, 3.63) is 5.82 Å². The van der Waals surface area contributed by atoms with Crippen molar-refractivity contribution < 1.29 is 14.7 Å². The number of carbonyl (C=O) groups excluding carboxylic acids is 1. The Morgan fingerprint density at radius 1 is 1.29 bits per heavy atom. The van der Waals surface area contributed by atoms with Gasteiger partial charge in [0, 0.05) is 6.04 Å². The van der Waals surface area contributed by atoms with Gasteiger partial charge in [-0.05, 0) is 30.9 Å². The Morgan fingerprint density at radius 3 is 2.53 bits per heavy atom. The molecule has 0 aromatic carbocycles. The Balaban J connectivity index is 1.82. The molecule has 17 heavy (non-hydrogen) atoms. The molecule has 1 fully saturated rings. The number of carbonyl (C=O) groups is 2. The Kier molecular flexibility index (Phi) is 3.31. The lowest BCUT2D eigenvalue weighted by molar-refractivity contribution is -0.142. The summed E-state index contributed by atoms with van der Waals surface area (Å²) in [7, 11) is 0. The van der Waals surface area contributed by atoms with Gasteiger partial charge in [0.2, 0.25) is 0 Å². The van der Waals surface area contributed by atoms with Gasteiger partial charge in [0.05, 0.1) is 5.92 Å². The summed E-state index contributed by atoms with van der Waals surface area (Å²) in [4.78, 5) is 22.3. The topological polar surface area (TPSA) is 121 Å². The maximum absolute atomic E-state index is 11.6. The van der Waals surface area contributed by atoms with Gasteiger partial charge in [0.15, 0.2) is 0 Å². The summed E-state index contributed by atoms with van der Waals surface area (Å²) < 4.78 is 0. The lowest BCUT2D eigenvalue weighted by Crippen LogP contribution is -2.39. The van der Waals surface area contributed by atoms with Crippen molar-refractivity contribution >= 4 is 11.9 Å². The fraction of sp³-hybridized carbons (Fsp3) is 0.667. The van der Waals surface area contributed by atoms with Crippen LogP contribution in [0.2, 0.25) is 0 Å². The second-order valence-corrected chi connectivity index (χ2v) is 4.10. The molecule has 0 saturated heterocycles. The smallest absolute Gasteiger partial charge is 0.306 e. The van der Waals surface area contributed by atoms with Crippen molar-refractivity contribution in [2.75, 3.05) is 0 Å². The summed E-state index contributed by atoms with van der Waals surface area (Å²) in [5, 5.41) is 24.2. The van der Waals surface area contributed by atoms with Crippen LogP contribution in [0.5, 0.6) is 0 Å². The minimum absolute atomic E-state index is 0.00315. The molecule has 0 spiro atoms. The molecule has 1 aromatic heterocycles. The van der Waals surface area contributed by atoms with Crippen LogP contribution < -0.4 is 5.32 Å². The number of tetrazole rings is 1. The molecule has 8 nitrogen and oxygen atoms in total. The molecule has 1 aliphatic carbocycles. The molecular formula is C9H13N5O3. The summed E-state index contributed by atoms with van der Waals surface area (Å²) in [6.45, 7) is 0. The molecule has 3 N–H and O–H groups in total. The first-order valence-corrected chi connectivity index (χ1v) is 5.44. The van der Waals surface area contributed by atoms with Gasteiger partial charge in [-0.2, -0.15) is 5.21 Å². The third-order valence-electron chi connectivity index (χ3n) is 2.96. The van der Waals surface area contributed by atoms with E-state index >= 15 is 0 Å². The summed E-state index contributed by atoms with van der Waals surface area (Å²) in [6, 6.07) is -0.00315. The zero-order chi connectivity index (χ0) is 12.3. The average molecular weight is 239 g/mol. The van der Waals surface area contributed by atoms with Crippen LogP contribution in [0, 0.1) is 5.92 Å². The number of nitrogens with one attached hydrogen (secondary N) is 2. The number of amides is 1. The second kappa shape index (κ2) is 4.89. The van der Waals surface area contributed by atoms with E-state index in [-0.39, 0.29) is 23.7 Å². The van der Waals surface area contributed by atoms with Gasteiger partial charge in [0.25, 0.3) is 11.7 Å². The van der Waals surface area contributed by atoms with Crippen molar-refractivity contribution in [3.63, 3.8) is 0 Å². The summed E-state index contributed by atoms with van der Waals surface area (Å²) in [5.74, 6) is -1.41. The van der Waals surface area contributed by atoms with Gasteiger partial charge in [-0.1, -0.05) is 0 Å². The first-order valence-electron chi connectivity index (χ1n) is 5.44. The number of carboxylic acid groups (broad SMARTS) is 1. The number of hydrogen-bond donors (Lipinski definition) is 3. The molecule has 1 heterocycles. The SMILES string of the molecule is O=C(NC1CCC(C(=O)O)CC1)c1nn[nH]n1. The number of aromatic amines is 1. The molecule has 0 bridgehead atoms. The predicted molar refractivity (Wildman–Crippen MR) is 55.0 cm³/mol. The van der Waals surface area contributed by atoms with Crippen molar-refractivity contribution in [2.45, 2.75) is 31.7 Å². The summed E-state index contributed by atoms with van der Waals surface area (Å²) in [6.07, 6.45) is 2.51. The lowest BCUT2D eigenvalue weighted by Gasteiger charge is -2.26. The highest BCUT2D eigenvalue weighted by atomic mass is 16.4. The van der Waals surface area contributed by atoms with E-state index in [1.807, 2.05) is 0 Å². The number of aromatic nitrogens is 4. The van der Waals surface area contributed by atoms with Crippen LogP contribution in [0.1, 0.15) is 36.3 Å². The molecule has 0 unspecified atom stereocenters. The first-order chi connectivity index (χ1) is 8.16. The largest absolute Gasteiger partial charge is 0.481 e. The van der Waals surface area contributed by atoms with Gasteiger partial charge in [-0.3, -0.25) is 9.59 Å². The number of aliphatic carboxylic acids is 1. The third kappa shape index (κ3) is 2.77. The van der Waals surface area contributed by atoms with E-state index in [4.69, 9.17) is 5.11 Å². The number of H-pyrrole nitrogens is 1. The molecule has 92 valence electrons. The van der Waals surface area contributed by atoms with E-state index in [1.54, 1.807) is 0 Å². The number of rotatable bonds is 3. The van der Waals surface area contributed by atoms with E-state index in [9.17, 15) is 9.59 Å². The molecule has 1 saturated carbocycles. The van der Waals surface area contributed by atoms with Gasteiger partial charge in [-0.25, -0.2) is 0 Å². The Morgan fingerprint density at radius 2 is 2.00 bits per heavy atom. The Labute approximate surface area is 96.8 Å². The molecule has 1 amide bonds. The van der Waals surface area contributed by atoms with E-state index in [0.29, 0.717) is 25.7 Å². The van der Waals surface area contributed by atoms with Crippen LogP contribution in [0.15, 0.2) is 0 Å². The minimum Gasteiger partial charge on any atom is -0.481 e. The van der Waals surface area contributed by atoms with Crippen LogP contribution in [0.4, 0.5) is 0 Å². The zero-order valence-electron chi connectivity index (χ0n) is 9.09. The van der Waals surface area contributed by atoms with Gasteiger partial charge >= 0.3 is 5.97 Å². The Hall–Kier alpha value is -1.99. The lowest BCUT2D eigenvalue weighted by atomic mass is 9.86. The third-order valence-corrected chi connectivity index (χ3v) is 2.96. The van der Waals surface area contributed by atoms with Crippen LogP contribution in [-0.2, 0) is 4.79 Å². The predicted octanol–water partition coefficient (Wildman–Crippen LogP) is -0.427. The standard InChI is InChI=1S/C9H13N5O3/c15-8(7-11-13-14-12-7)10-6-3-1-5(2-4-6)9(16)17/h5-6H,1-4H2,(H,10,15)(H,16,17)(H,11,12,13,14). The number of nitrogens with zero attached hydrogens (tertiary/aromatic N) is 3. The van der Waals surface area contributed by atoms with E-state index < -0.39 is 5.97 Å². The maximum atomic E-state index is 11.6. The average Bonchev–Trinajstić information content (AvgIpc) is 2.83. The van der Waals surface area contributed by atoms with Gasteiger partial charge < -0.3 is 10.4 Å². The fourth-order valence-electron chi connectivity index (χ4n) is 1.99. The molecule has 1 aliphatic rings. The molecular weight excluding hydrogens is 226 g/mol. The summed E-state index contributed by atoms with van der Waals surface area (Å²) in [5.41, 5.74) is 0. The van der Waals surface area contributed by atoms with Crippen molar-refractivity contribution in [1.82, 2.24) is 25.9 Å². The highest BCUT2D eigenvalue weighted by molar-refractivity contribution is 5.90.